The van der Waals surface area contributed by atoms with Crippen molar-refractivity contribution in [2.24, 2.45) is 0 Å². The van der Waals surface area contributed by atoms with Crippen LogP contribution in [0.25, 0.3) is 0 Å². The highest BCUT2D eigenvalue weighted by Crippen LogP contribution is 2.17. The number of nitrogens with zero attached hydrogens (tertiary/aromatic N) is 1. The van der Waals surface area contributed by atoms with E-state index >= 15 is 0 Å². The highest BCUT2D eigenvalue weighted by molar-refractivity contribution is 6.01. The van der Waals surface area contributed by atoms with Crippen LogP contribution in [-0.2, 0) is 22.6 Å². The summed E-state index contributed by atoms with van der Waals surface area (Å²) in [5.41, 5.74) is 2.77. The third-order valence-corrected chi connectivity index (χ3v) is 4.79. The second kappa shape index (κ2) is 9.17. The van der Waals surface area contributed by atoms with Crippen molar-refractivity contribution < 1.29 is 14.4 Å². The lowest BCUT2D eigenvalue weighted by Gasteiger charge is -2.16. The SMILES string of the molecule is CC(CCc1ccccc1)NC(=O)Nc1ccc(CN2C(=O)CCC2=O)cc1. The van der Waals surface area contributed by atoms with Crippen LogP contribution in [0, 0.1) is 0 Å². The van der Waals surface area contributed by atoms with E-state index in [9.17, 15) is 14.4 Å². The quantitative estimate of drug-likeness (QED) is 0.723. The third-order valence-electron chi connectivity index (χ3n) is 4.79. The number of anilines is 1. The molecule has 6 heteroatoms. The van der Waals surface area contributed by atoms with Gasteiger partial charge in [-0.15, -0.1) is 0 Å². The molecule has 1 saturated heterocycles. The lowest BCUT2D eigenvalue weighted by atomic mass is 10.1. The Kier molecular flexibility index (Phi) is 6.42. The van der Waals surface area contributed by atoms with Gasteiger partial charge in [0.05, 0.1) is 6.54 Å². The number of likely N-dealkylation sites (tertiary alicyclic amines) is 1. The predicted molar refractivity (Wildman–Crippen MR) is 108 cm³/mol. The Morgan fingerprint density at radius 1 is 0.964 bits per heavy atom. The summed E-state index contributed by atoms with van der Waals surface area (Å²) in [4.78, 5) is 36.8. The minimum absolute atomic E-state index is 0.0478. The van der Waals surface area contributed by atoms with Gasteiger partial charge in [0.1, 0.15) is 0 Å². The molecule has 3 rings (SSSR count). The zero-order chi connectivity index (χ0) is 19.9. The van der Waals surface area contributed by atoms with E-state index in [0.29, 0.717) is 18.5 Å². The van der Waals surface area contributed by atoms with Gasteiger partial charge < -0.3 is 10.6 Å². The molecule has 0 aliphatic carbocycles. The summed E-state index contributed by atoms with van der Waals surface area (Å²) in [6.45, 7) is 2.26. The van der Waals surface area contributed by atoms with Crippen molar-refractivity contribution in [3.8, 4) is 0 Å². The highest BCUT2D eigenvalue weighted by Gasteiger charge is 2.28. The van der Waals surface area contributed by atoms with E-state index < -0.39 is 0 Å². The topological polar surface area (TPSA) is 78.5 Å². The van der Waals surface area contributed by atoms with Gasteiger partial charge in [0.15, 0.2) is 0 Å². The molecule has 2 aromatic carbocycles. The van der Waals surface area contributed by atoms with Crippen LogP contribution in [-0.4, -0.2) is 28.8 Å². The number of nitrogens with one attached hydrogen (secondary N) is 2. The molecule has 1 unspecified atom stereocenters. The van der Waals surface area contributed by atoms with Crippen molar-refractivity contribution in [2.75, 3.05) is 5.32 Å². The van der Waals surface area contributed by atoms with Crippen molar-refractivity contribution in [1.29, 1.82) is 0 Å². The number of rotatable bonds is 7. The van der Waals surface area contributed by atoms with Gasteiger partial charge in [-0.3, -0.25) is 14.5 Å². The van der Waals surface area contributed by atoms with Gasteiger partial charge >= 0.3 is 6.03 Å². The summed E-state index contributed by atoms with van der Waals surface area (Å²) in [7, 11) is 0. The number of urea groups is 1. The van der Waals surface area contributed by atoms with Crippen molar-refractivity contribution in [3.05, 3.63) is 65.7 Å². The predicted octanol–water partition coefficient (Wildman–Crippen LogP) is 3.48. The molecule has 6 nitrogen and oxygen atoms in total. The van der Waals surface area contributed by atoms with Crippen LogP contribution in [0.5, 0.6) is 0 Å². The standard InChI is InChI=1S/C22H25N3O3/c1-16(7-8-17-5-3-2-4-6-17)23-22(28)24-19-11-9-18(10-12-19)15-25-20(26)13-14-21(25)27/h2-6,9-12,16H,7-8,13-15H2,1H3,(H2,23,24,28). The van der Waals surface area contributed by atoms with Crippen LogP contribution in [0.4, 0.5) is 10.5 Å². The molecule has 1 atom stereocenters. The van der Waals surface area contributed by atoms with Gasteiger partial charge in [-0.05, 0) is 43.0 Å². The number of carbonyl (C=O) groups excluding carboxylic acids is 3. The Bertz CT molecular complexity index is 818. The van der Waals surface area contributed by atoms with E-state index in [1.807, 2.05) is 37.3 Å². The Labute approximate surface area is 164 Å². The maximum atomic E-state index is 12.2. The molecular weight excluding hydrogens is 354 g/mol. The van der Waals surface area contributed by atoms with Crippen LogP contribution >= 0.6 is 0 Å². The molecule has 1 aliphatic heterocycles. The number of carbonyl (C=O) groups is 3. The molecule has 4 amide bonds. The Morgan fingerprint density at radius 2 is 1.61 bits per heavy atom. The minimum atomic E-state index is -0.252. The Hall–Kier alpha value is -3.15. The summed E-state index contributed by atoms with van der Waals surface area (Å²) in [5, 5.41) is 5.75. The first-order chi connectivity index (χ1) is 13.5. The average Bonchev–Trinajstić information content (AvgIpc) is 3.00. The zero-order valence-electron chi connectivity index (χ0n) is 16.0. The maximum Gasteiger partial charge on any atom is 0.319 e. The number of benzene rings is 2. The first kappa shape index (κ1) is 19.6. The zero-order valence-corrected chi connectivity index (χ0v) is 16.0. The molecule has 1 fully saturated rings. The van der Waals surface area contributed by atoms with Crippen LogP contribution in [0.1, 0.15) is 37.3 Å². The fourth-order valence-corrected chi connectivity index (χ4v) is 3.17. The number of hydrogen-bond donors (Lipinski definition) is 2. The van der Waals surface area contributed by atoms with E-state index in [1.165, 1.54) is 10.5 Å². The van der Waals surface area contributed by atoms with E-state index in [0.717, 1.165) is 18.4 Å². The van der Waals surface area contributed by atoms with Crippen molar-refractivity contribution >= 4 is 23.5 Å². The Balaban J connectivity index is 1.45. The van der Waals surface area contributed by atoms with Gasteiger partial charge in [0.25, 0.3) is 0 Å². The summed E-state index contributed by atoms with van der Waals surface area (Å²) < 4.78 is 0. The molecule has 0 saturated carbocycles. The maximum absolute atomic E-state index is 12.2. The molecule has 0 spiro atoms. The molecule has 0 aromatic heterocycles. The second-order valence-corrected chi connectivity index (χ2v) is 7.09. The van der Waals surface area contributed by atoms with Crippen LogP contribution in [0.3, 0.4) is 0 Å². The number of aryl methyl sites for hydroxylation is 1. The van der Waals surface area contributed by atoms with Gasteiger partial charge in [-0.1, -0.05) is 42.5 Å². The van der Waals surface area contributed by atoms with Gasteiger partial charge in [0, 0.05) is 24.6 Å². The molecule has 0 radical (unpaired) electrons. The lowest BCUT2D eigenvalue weighted by molar-refractivity contribution is -0.139. The molecule has 2 N–H and O–H groups in total. The normalized spacial score (nSPS) is 14.8. The van der Waals surface area contributed by atoms with Crippen LogP contribution in [0.2, 0.25) is 0 Å². The van der Waals surface area contributed by atoms with Gasteiger partial charge in [-0.2, -0.15) is 0 Å². The van der Waals surface area contributed by atoms with Crippen molar-refractivity contribution in [1.82, 2.24) is 10.2 Å². The first-order valence-electron chi connectivity index (χ1n) is 9.55. The third kappa shape index (κ3) is 5.42. The summed E-state index contributed by atoms with van der Waals surface area (Å²) in [6, 6.07) is 17.1. The molecular formula is C22H25N3O3. The number of hydrogen-bond acceptors (Lipinski definition) is 3. The number of imide groups is 1. The molecule has 0 bridgehead atoms. The van der Waals surface area contributed by atoms with E-state index in [1.54, 1.807) is 12.1 Å². The van der Waals surface area contributed by atoms with Gasteiger partial charge in [0.2, 0.25) is 11.8 Å². The first-order valence-corrected chi connectivity index (χ1v) is 9.55. The van der Waals surface area contributed by atoms with Crippen LogP contribution < -0.4 is 10.6 Å². The molecule has 28 heavy (non-hydrogen) atoms. The molecule has 1 aliphatic rings. The Morgan fingerprint density at radius 3 is 2.25 bits per heavy atom. The van der Waals surface area contributed by atoms with E-state index in [4.69, 9.17) is 0 Å². The summed E-state index contributed by atoms with van der Waals surface area (Å²) in [5.74, 6) is -0.257. The number of amides is 4. The monoisotopic (exact) mass is 379 g/mol. The van der Waals surface area contributed by atoms with Crippen molar-refractivity contribution in [3.63, 3.8) is 0 Å². The fraction of sp³-hybridized carbons (Fsp3) is 0.318. The molecule has 146 valence electrons. The molecule has 1 heterocycles. The van der Waals surface area contributed by atoms with E-state index in [-0.39, 0.29) is 30.4 Å². The summed E-state index contributed by atoms with van der Waals surface area (Å²) >= 11 is 0. The van der Waals surface area contributed by atoms with Gasteiger partial charge in [-0.25, -0.2) is 4.79 Å². The van der Waals surface area contributed by atoms with Crippen molar-refractivity contribution in [2.45, 2.75) is 45.2 Å². The van der Waals surface area contributed by atoms with Crippen LogP contribution in [0.15, 0.2) is 54.6 Å². The lowest BCUT2D eigenvalue weighted by Crippen LogP contribution is -2.36. The highest BCUT2D eigenvalue weighted by atomic mass is 16.2. The molecule has 2 aromatic rings. The fourth-order valence-electron chi connectivity index (χ4n) is 3.17. The van der Waals surface area contributed by atoms with E-state index in [2.05, 4.69) is 22.8 Å². The minimum Gasteiger partial charge on any atom is -0.335 e. The smallest absolute Gasteiger partial charge is 0.319 e. The largest absolute Gasteiger partial charge is 0.335 e. The summed E-state index contributed by atoms with van der Waals surface area (Å²) in [6.07, 6.45) is 2.35. The average molecular weight is 379 g/mol. The second-order valence-electron chi connectivity index (χ2n) is 7.09.